The van der Waals surface area contributed by atoms with Crippen LogP contribution in [0.1, 0.15) is 0 Å². The second-order valence-electron chi connectivity index (χ2n) is 4.39. The van der Waals surface area contributed by atoms with Crippen LogP contribution in [0, 0.1) is 3.57 Å². The van der Waals surface area contributed by atoms with Crippen molar-refractivity contribution in [1.82, 2.24) is 0 Å². The summed E-state index contributed by atoms with van der Waals surface area (Å²) in [6.07, 6.45) is 0. The fourth-order valence-corrected chi connectivity index (χ4v) is 4.72. The van der Waals surface area contributed by atoms with Gasteiger partial charge in [0.2, 0.25) is 0 Å². The molecule has 2 heteroatoms. The van der Waals surface area contributed by atoms with Gasteiger partial charge in [-0.1, -0.05) is 42.5 Å². The van der Waals surface area contributed by atoms with Crippen molar-refractivity contribution >= 4 is 64.9 Å². The molecule has 1 heterocycles. The van der Waals surface area contributed by atoms with Gasteiger partial charge in [0, 0.05) is 23.7 Å². The molecular weight excluding hydrogens is 351 g/mol. The zero-order valence-corrected chi connectivity index (χ0v) is 12.5. The van der Waals surface area contributed by atoms with Crippen molar-refractivity contribution < 1.29 is 0 Å². The monoisotopic (exact) mass is 360 g/mol. The average Bonchev–Trinajstić information content (AvgIpc) is 2.79. The number of halogens is 1. The summed E-state index contributed by atoms with van der Waals surface area (Å²) in [6, 6.07) is 19.6. The van der Waals surface area contributed by atoms with Gasteiger partial charge in [-0.15, -0.1) is 11.3 Å². The van der Waals surface area contributed by atoms with Crippen molar-refractivity contribution in [2.45, 2.75) is 0 Å². The second kappa shape index (κ2) is 3.93. The Balaban J connectivity index is 2.33. The van der Waals surface area contributed by atoms with E-state index >= 15 is 0 Å². The summed E-state index contributed by atoms with van der Waals surface area (Å²) in [5, 5.41) is 5.45. The molecule has 0 aliphatic carbocycles. The maximum Gasteiger partial charge on any atom is 0.0495 e. The fraction of sp³-hybridized carbons (Fsp3) is 0. The Labute approximate surface area is 122 Å². The summed E-state index contributed by atoms with van der Waals surface area (Å²) >= 11 is 4.38. The fourth-order valence-electron chi connectivity index (χ4n) is 2.47. The van der Waals surface area contributed by atoms with Crippen molar-refractivity contribution in [3.63, 3.8) is 0 Å². The third-order valence-electron chi connectivity index (χ3n) is 3.33. The topological polar surface area (TPSA) is 0 Å². The van der Waals surface area contributed by atoms with Crippen LogP contribution in [-0.2, 0) is 0 Å². The quantitative estimate of drug-likeness (QED) is 0.347. The van der Waals surface area contributed by atoms with Crippen LogP contribution in [0.15, 0.2) is 54.6 Å². The lowest BCUT2D eigenvalue weighted by Crippen LogP contribution is -1.78. The highest BCUT2D eigenvalue weighted by Gasteiger charge is 2.10. The maximum absolute atomic E-state index is 2.48. The molecule has 0 aliphatic heterocycles. The molecule has 1 aromatic heterocycles. The summed E-state index contributed by atoms with van der Waals surface area (Å²) in [5.74, 6) is 0. The van der Waals surface area contributed by atoms with E-state index in [9.17, 15) is 0 Å². The molecule has 3 aromatic carbocycles. The number of rotatable bonds is 0. The van der Waals surface area contributed by atoms with Crippen LogP contribution in [0.5, 0.6) is 0 Å². The van der Waals surface area contributed by atoms with Crippen LogP contribution in [0.4, 0.5) is 0 Å². The van der Waals surface area contributed by atoms with Crippen LogP contribution < -0.4 is 0 Å². The number of benzene rings is 3. The van der Waals surface area contributed by atoms with Crippen molar-refractivity contribution in [2.75, 3.05) is 0 Å². The Bertz CT molecular complexity index is 889. The predicted molar refractivity (Wildman–Crippen MR) is 89.6 cm³/mol. The zero-order valence-electron chi connectivity index (χ0n) is 9.48. The highest BCUT2D eigenvalue weighted by molar-refractivity contribution is 14.1. The molecule has 0 radical (unpaired) electrons. The molecule has 0 bridgehead atoms. The van der Waals surface area contributed by atoms with Gasteiger partial charge in [0.15, 0.2) is 0 Å². The van der Waals surface area contributed by atoms with Gasteiger partial charge in [-0.3, -0.25) is 0 Å². The van der Waals surface area contributed by atoms with Crippen molar-refractivity contribution in [3.05, 3.63) is 58.2 Å². The summed E-state index contributed by atoms with van der Waals surface area (Å²) < 4.78 is 4.16. The highest BCUT2D eigenvalue weighted by Crippen LogP contribution is 2.39. The van der Waals surface area contributed by atoms with E-state index in [1.165, 1.54) is 34.5 Å². The molecular formula is C16H9IS. The molecule has 0 amide bonds. The van der Waals surface area contributed by atoms with Crippen LogP contribution >= 0.6 is 33.9 Å². The third-order valence-corrected chi connectivity index (χ3v) is 6.02. The summed E-state index contributed by atoms with van der Waals surface area (Å²) in [7, 11) is 0. The largest absolute Gasteiger partial charge is 0.134 e. The smallest absolute Gasteiger partial charge is 0.0495 e. The van der Waals surface area contributed by atoms with Crippen molar-refractivity contribution in [2.24, 2.45) is 0 Å². The Morgan fingerprint density at radius 2 is 1.50 bits per heavy atom. The summed E-state index contributed by atoms with van der Waals surface area (Å²) in [4.78, 5) is 0. The minimum absolute atomic E-state index is 1.33. The first-order valence-electron chi connectivity index (χ1n) is 5.83. The molecule has 0 atom stereocenters. The maximum atomic E-state index is 2.48. The molecule has 4 rings (SSSR count). The molecule has 0 saturated heterocycles. The molecule has 86 valence electrons. The standard InChI is InChI=1S/C16H9IS/c17-15-11-6-2-1-5-10(11)9-13-12-7-3-4-8-14(12)18-16(13)15/h1-9H. The normalized spacial score (nSPS) is 11.6. The minimum Gasteiger partial charge on any atom is -0.134 e. The molecule has 0 aliphatic rings. The van der Waals surface area contributed by atoms with Gasteiger partial charge in [-0.2, -0.15) is 0 Å². The molecule has 0 fully saturated rings. The zero-order chi connectivity index (χ0) is 12.1. The SMILES string of the molecule is Ic1c2ccccc2cc2c1sc1ccccc12. The van der Waals surface area contributed by atoms with E-state index < -0.39 is 0 Å². The Morgan fingerprint density at radius 1 is 0.778 bits per heavy atom. The molecule has 18 heavy (non-hydrogen) atoms. The minimum atomic E-state index is 1.33. The molecule has 0 spiro atoms. The van der Waals surface area contributed by atoms with Crippen molar-refractivity contribution in [1.29, 1.82) is 0 Å². The molecule has 0 nitrogen and oxygen atoms in total. The molecule has 0 saturated carbocycles. The van der Waals surface area contributed by atoms with E-state index in [1.807, 2.05) is 11.3 Å². The van der Waals surface area contributed by atoms with Gasteiger partial charge in [0.1, 0.15) is 0 Å². The van der Waals surface area contributed by atoms with Crippen LogP contribution in [0.2, 0.25) is 0 Å². The molecule has 0 N–H and O–H groups in total. The lowest BCUT2D eigenvalue weighted by molar-refractivity contribution is 1.79. The first kappa shape index (κ1) is 10.8. The van der Waals surface area contributed by atoms with Crippen LogP contribution in [0.3, 0.4) is 0 Å². The lowest BCUT2D eigenvalue weighted by Gasteiger charge is -2.02. The lowest BCUT2D eigenvalue weighted by atomic mass is 10.1. The van der Waals surface area contributed by atoms with Gasteiger partial charge in [0.25, 0.3) is 0 Å². The third kappa shape index (κ3) is 1.42. The summed E-state index contributed by atoms with van der Waals surface area (Å²) in [5.41, 5.74) is 0. The van der Waals surface area contributed by atoms with Gasteiger partial charge in [0.05, 0.1) is 0 Å². The van der Waals surface area contributed by atoms with E-state index in [0.717, 1.165) is 0 Å². The number of fused-ring (bicyclic) bond motifs is 4. The van der Waals surface area contributed by atoms with E-state index in [2.05, 4.69) is 77.2 Å². The van der Waals surface area contributed by atoms with E-state index in [4.69, 9.17) is 0 Å². The summed E-state index contributed by atoms with van der Waals surface area (Å²) in [6.45, 7) is 0. The Hall–Kier alpha value is -1.13. The van der Waals surface area contributed by atoms with Gasteiger partial charge in [-0.25, -0.2) is 0 Å². The molecule has 0 unspecified atom stereocenters. The Morgan fingerprint density at radius 3 is 2.39 bits per heavy atom. The first-order chi connectivity index (χ1) is 8.84. The predicted octanol–water partition coefficient (Wildman–Crippen LogP) is 5.81. The van der Waals surface area contributed by atoms with E-state index in [-0.39, 0.29) is 0 Å². The van der Waals surface area contributed by atoms with Crippen LogP contribution in [0.25, 0.3) is 30.9 Å². The van der Waals surface area contributed by atoms with Gasteiger partial charge >= 0.3 is 0 Å². The molecule has 4 aromatic rings. The van der Waals surface area contributed by atoms with Gasteiger partial charge < -0.3 is 0 Å². The van der Waals surface area contributed by atoms with E-state index in [1.54, 1.807) is 0 Å². The second-order valence-corrected chi connectivity index (χ2v) is 6.52. The van der Waals surface area contributed by atoms with Crippen molar-refractivity contribution in [3.8, 4) is 0 Å². The van der Waals surface area contributed by atoms with Gasteiger partial charge in [-0.05, 0) is 45.5 Å². The Kier molecular flexibility index (Phi) is 2.35. The highest BCUT2D eigenvalue weighted by atomic mass is 127. The number of hydrogen-bond acceptors (Lipinski definition) is 1. The van der Waals surface area contributed by atoms with Crippen LogP contribution in [-0.4, -0.2) is 0 Å². The number of thiophene rings is 1. The first-order valence-corrected chi connectivity index (χ1v) is 7.72. The van der Waals surface area contributed by atoms with E-state index in [0.29, 0.717) is 0 Å². The average molecular weight is 360 g/mol. The number of hydrogen-bond donors (Lipinski definition) is 0.